The van der Waals surface area contributed by atoms with E-state index in [-0.39, 0.29) is 6.04 Å². The Labute approximate surface area is 113 Å². The molecule has 2 atom stereocenters. The molecule has 0 bridgehead atoms. The van der Waals surface area contributed by atoms with E-state index in [2.05, 4.69) is 10.2 Å². The maximum atomic E-state index is 12.1. The summed E-state index contributed by atoms with van der Waals surface area (Å²) < 4.78 is 0. The lowest BCUT2D eigenvalue weighted by molar-refractivity contribution is -0.140. The Hall–Kier alpha value is -1.34. The maximum absolute atomic E-state index is 12.1. The van der Waals surface area contributed by atoms with Crippen LogP contribution in [-0.4, -0.2) is 77.4 Å². The Morgan fingerprint density at radius 2 is 2.11 bits per heavy atom. The molecule has 1 aliphatic rings. The molecule has 7 heteroatoms. The summed E-state index contributed by atoms with van der Waals surface area (Å²) in [7, 11) is 2.01. The zero-order chi connectivity index (χ0) is 14.4. The molecule has 3 N–H and O–H groups in total. The zero-order valence-corrected chi connectivity index (χ0v) is 11.5. The standard InChI is InChI=1S/C12H23N3O4/c1-3-9-7-14(2)5-4-6-15(9)12(19)13-10(8-16)11(17)18/h9-10,16H,3-8H2,1-2H3,(H,13,19)(H,17,18)/t9?,10-/m1/s1. The Morgan fingerprint density at radius 1 is 1.42 bits per heavy atom. The van der Waals surface area contributed by atoms with Gasteiger partial charge in [-0.2, -0.15) is 0 Å². The van der Waals surface area contributed by atoms with Crippen LogP contribution in [0, 0.1) is 0 Å². The Kier molecular flexibility index (Phi) is 6.04. The van der Waals surface area contributed by atoms with Crippen LogP contribution in [0.4, 0.5) is 4.79 Å². The number of aliphatic carboxylic acids is 1. The summed E-state index contributed by atoms with van der Waals surface area (Å²) in [4.78, 5) is 26.8. The molecule has 1 heterocycles. The maximum Gasteiger partial charge on any atom is 0.328 e. The van der Waals surface area contributed by atoms with E-state index in [0.717, 1.165) is 25.9 Å². The van der Waals surface area contributed by atoms with Gasteiger partial charge in [0, 0.05) is 19.1 Å². The fraction of sp³-hybridized carbons (Fsp3) is 0.833. The van der Waals surface area contributed by atoms with E-state index in [1.54, 1.807) is 4.90 Å². The first-order chi connectivity index (χ1) is 8.99. The second-order valence-electron chi connectivity index (χ2n) is 4.89. The van der Waals surface area contributed by atoms with Gasteiger partial charge in [-0.15, -0.1) is 0 Å². The van der Waals surface area contributed by atoms with Crippen LogP contribution in [0.1, 0.15) is 19.8 Å². The fourth-order valence-corrected chi connectivity index (χ4v) is 2.28. The molecule has 7 nitrogen and oxygen atoms in total. The van der Waals surface area contributed by atoms with Crippen molar-refractivity contribution in [3.05, 3.63) is 0 Å². The van der Waals surface area contributed by atoms with Crippen LogP contribution in [0.2, 0.25) is 0 Å². The first-order valence-corrected chi connectivity index (χ1v) is 6.58. The number of rotatable bonds is 4. The highest BCUT2D eigenvalue weighted by atomic mass is 16.4. The molecule has 1 rings (SSSR count). The fourth-order valence-electron chi connectivity index (χ4n) is 2.28. The van der Waals surface area contributed by atoms with Gasteiger partial charge in [0.2, 0.25) is 0 Å². The zero-order valence-electron chi connectivity index (χ0n) is 11.5. The van der Waals surface area contributed by atoms with Crippen molar-refractivity contribution in [2.75, 3.05) is 33.3 Å². The van der Waals surface area contributed by atoms with Gasteiger partial charge in [-0.05, 0) is 26.4 Å². The van der Waals surface area contributed by atoms with E-state index in [1.807, 2.05) is 14.0 Å². The molecule has 0 aromatic heterocycles. The minimum Gasteiger partial charge on any atom is -0.480 e. The minimum atomic E-state index is -1.24. The van der Waals surface area contributed by atoms with E-state index in [9.17, 15) is 9.59 Å². The molecule has 1 saturated heterocycles. The van der Waals surface area contributed by atoms with Crippen molar-refractivity contribution in [2.45, 2.75) is 31.8 Å². The molecule has 0 saturated carbocycles. The molecule has 1 aliphatic heterocycles. The summed E-state index contributed by atoms with van der Waals surface area (Å²) in [6.45, 7) is 3.70. The number of carbonyl (C=O) groups is 2. The van der Waals surface area contributed by atoms with Crippen LogP contribution >= 0.6 is 0 Å². The lowest BCUT2D eigenvalue weighted by atomic mass is 10.2. The molecular weight excluding hydrogens is 250 g/mol. The molecular formula is C12H23N3O4. The van der Waals surface area contributed by atoms with Crippen molar-refractivity contribution < 1.29 is 19.8 Å². The van der Waals surface area contributed by atoms with Gasteiger partial charge in [-0.25, -0.2) is 9.59 Å². The third-order valence-corrected chi connectivity index (χ3v) is 3.41. The van der Waals surface area contributed by atoms with Crippen molar-refractivity contribution in [3.8, 4) is 0 Å². The first-order valence-electron chi connectivity index (χ1n) is 6.58. The van der Waals surface area contributed by atoms with E-state index in [0.29, 0.717) is 6.54 Å². The molecule has 0 aliphatic carbocycles. The van der Waals surface area contributed by atoms with Gasteiger partial charge in [0.1, 0.15) is 0 Å². The highest BCUT2D eigenvalue weighted by Gasteiger charge is 2.28. The molecule has 110 valence electrons. The SMILES string of the molecule is CCC1CN(C)CCCN1C(=O)N[C@H](CO)C(=O)O. The number of likely N-dealkylation sites (N-methyl/N-ethyl adjacent to an activating group) is 1. The summed E-state index contributed by atoms with van der Waals surface area (Å²) in [5.41, 5.74) is 0. The molecule has 0 radical (unpaired) electrons. The van der Waals surface area contributed by atoms with Gasteiger partial charge in [0.05, 0.1) is 6.61 Å². The number of hydrogen-bond donors (Lipinski definition) is 3. The lowest BCUT2D eigenvalue weighted by Gasteiger charge is -2.31. The minimum absolute atomic E-state index is 0.0700. The van der Waals surface area contributed by atoms with Crippen molar-refractivity contribution >= 4 is 12.0 Å². The van der Waals surface area contributed by atoms with Crippen molar-refractivity contribution in [1.82, 2.24) is 15.1 Å². The van der Waals surface area contributed by atoms with Gasteiger partial charge >= 0.3 is 12.0 Å². The van der Waals surface area contributed by atoms with Gasteiger partial charge < -0.3 is 25.3 Å². The Bertz CT molecular complexity index is 324. The highest BCUT2D eigenvalue weighted by molar-refractivity contribution is 5.82. The van der Waals surface area contributed by atoms with Crippen LogP contribution < -0.4 is 5.32 Å². The van der Waals surface area contributed by atoms with Crippen molar-refractivity contribution in [2.24, 2.45) is 0 Å². The molecule has 0 spiro atoms. The average Bonchev–Trinajstić information content (AvgIpc) is 2.56. The largest absolute Gasteiger partial charge is 0.480 e. The molecule has 0 aromatic carbocycles. The summed E-state index contributed by atoms with van der Waals surface area (Å²) in [6.07, 6.45) is 1.67. The summed E-state index contributed by atoms with van der Waals surface area (Å²) >= 11 is 0. The molecule has 1 unspecified atom stereocenters. The van der Waals surface area contributed by atoms with E-state index in [4.69, 9.17) is 10.2 Å². The third kappa shape index (κ3) is 4.36. The van der Waals surface area contributed by atoms with Crippen LogP contribution in [0.3, 0.4) is 0 Å². The quantitative estimate of drug-likeness (QED) is 0.645. The van der Waals surface area contributed by atoms with Crippen LogP contribution in [-0.2, 0) is 4.79 Å². The van der Waals surface area contributed by atoms with Crippen molar-refractivity contribution in [3.63, 3.8) is 0 Å². The molecule has 1 fully saturated rings. The van der Waals surface area contributed by atoms with Gasteiger partial charge in [-0.1, -0.05) is 6.92 Å². The van der Waals surface area contributed by atoms with Crippen LogP contribution in [0.5, 0.6) is 0 Å². The summed E-state index contributed by atoms with van der Waals surface area (Å²) in [5, 5.41) is 20.1. The highest BCUT2D eigenvalue weighted by Crippen LogP contribution is 2.12. The predicted molar refractivity (Wildman–Crippen MR) is 69.9 cm³/mol. The number of aliphatic hydroxyl groups excluding tert-OH is 1. The Morgan fingerprint density at radius 3 is 2.63 bits per heavy atom. The number of carboxylic acids is 1. The number of amides is 2. The van der Waals surface area contributed by atoms with Gasteiger partial charge in [0.25, 0.3) is 0 Å². The average molecular weight is 273 g/mol. The number of hydrogen-bond acceptors (Lipinski definition) is 4. The first kappa shape index (κ1) is 15.7. The second-order valence-corrected chi connectivity index (χ2v) is 4.89. The number of urea groups is 1. The third-order valence-electron chi connectivity index (χ3n) is 3.41. The molecule has 2 amide bonds. The predicted octanol–water partition coefficient (Wildman–Crippen LogP) is -0.442. The topological polar surface area (TPSA) is 93.1 Å². The van der Waals surface area contributed by atoms with E-state index < -0.39 is 24.6 Å². The number of nitrogens with one attached hydrogen (secondary N) is 1. The number of carboxylic acid groups (broad SMARTS) is 1. The molecule has 19 heavy (non-hydrogen) atoms. The normalized spacial score (nSPS) is 22.7. The van der Waals surface area contributed by atoms with Crippen LogP contribution in [0.15, 0.2) is 0 Å². The van der Waals surface area contributed by atoms with Crippen molar-refractivity contribution in [1.29, 1.82) is 0 Å². The van der Waals surface area contributed by atoms with Crippen LogP contribution in [0.25, 0.3) is 0 Å². The number of carbonyl (C=O) groups excluding carboxylic acids is 1. The number of nitrogens with zero attached hydrogens (tertiary/aromatic N) is 2. The molecule has 0 aromatic rings. The second kappa shape index (κ2) is 7.30. The monoisotopic (exact) mass is 273 g/mol. The van der Waals surface area contributed by atoms with E-state index in [1.165, 1.54) is 0 Å². The Balaban J connectivity index is 2.69. The van der Waals surface area contributed by atoms with E-state index >= 15 is 0 Å². The van der Waals surface area contributed by atoms with Gasteiger partial charge in [0.15, 0.2) is 6.04 Å². The number of aliphatic hydroxyl groups is 1. The lowest BCUT2D eigenvalue weighted by Crippen LogP contribution is -2.53. The van der Waals surface area contributed by atoms with Gasteiger partial charge in [-0.3, -0.25) is 0 Å². The smallest absolute Gasteiger partial charge is 0.328 e. The summed E-state index contributed by atoms with van der Waals surface area (Å²) in [6, 6.07) is -1.59. The summed E-state index contributed by atoms with van der Waals surface area (Å²) in [5.74, 6) is -1.23.